The largest absolute Gasteiger partial charge is 0.271 e. The van der Waals surface area contributed by atoms with E-state index >= 15 is 0 Å². The first-order valence-electron chi connectivity index (χ1n) is 7.40. The molecule has 0 bridgehead atoms. The predicted octanol–water partition coefficient (Wildman–Crippen LogP) is 3.70. The summed E-state index contributed by atoms with van der Waals surface area (Å²) >= 11 is 0. The summed E-state index contributed by atoms with van der Waals surface area (Å²) in [7, 11) is 0. The first-order valence-corrected chi connectivity index (χ1v) is 7.40. The highest BCUT2D eigenvalue weighted by molar-refractivity contribution is 6.01. The highest BCUT2D eigenvalue weighted by Gasteiger charge is 2.06. The van der Waals surface area contributed by atoms with Crippen molar-refractivity contribution in [1.29, 1.82) is 0 Å². The van der Waals surface area contributed by atoms with Gasteiger partial charge in [-0.05, 0) is 37.4 Å². The van der Waals surface area contributed by atoms with Gasteiger partial charge in [-0.15, -0.1) is 0 Å². The van der Waals surface area contributed by atoms with E-state index in [0.29, 0.717) is 11.3 Å². The number of amides is 1. The molecule has 3 rings (SSSR count). The van der Waals surface area contributed by atoms with Gasteiger partial charge in [0.2, 0.25) is 0 Å². The molecule has 4 heteroatoms. The first kappa shape index (κ1) is 14.9. The predicted molar refractivity (Wildman–Crippen MR) is 92.6 cm³/mol. The van der Waals surface area contributed by atoms with Crippen LogP contribution in [0.5, 0.6) is 0 Å². The Kier molecular flexibility index (Phi) is 4.15. The van der Waals surface area contributed by atoms with Crippen molar-refractivity contribution in [3.63, 3.8) is 0 Å². The van der Waals surface area contributed by atoms with Gasteiger partial charge in [0.1, 0.15) is 0 Å². The van der Waals surface area contributed by atoms with E-state index in [0.717, 1.165) is 22.0 Å². The number of carbonyl (C=O) groups is 1. The van der Waals surface area contributed by atoms with Gasteiger partial charge in [0.05, 0.1) is 11.4 Å². The Morgan fingerprint density at radius 3 is 2.61 bits per heavy atom. The molecular weight excluding hydrogens is 286 g/mol. The minimum atomic E-state index is -0.228. The molecule has 114 valence electrons. The fourth-order valence-electron chi connectivity index (χ4n) is 2.32. The molecule has 0 spiro atoms. The average Bonchev–Trinajstić information content (AvgIpc) is 2.59. The number of hydrazone groups is 1. The highest BCUT2D eigenvalue weighted by atomic mass is 16.2. The van der Waals surface area contributed by atoms with E-state index in [-0.39, 0.29) is 5.91 Å². The summed E-state index contributed by atoms with van der Waals surface area (Å²) in [4.78, 5) is 16.5. The Balaban J connectivity index is 1.79. The van der Waals surface area contributed by atoms with Crippen LogP contribution in [0.1, 0.15) is 28.5 Å². The molecule has 0 fully saturated rings. The SMILES string of the molecule is C/C(=N\NC(=O)c1cccc(C)c1)c1cc2ccccc2cn1. The van der Waals surface area contributed by atoms with E-state index in [1.54, 1.807) is 6.07 Å². The molecule has 1 heterocycles. The normalized spacial score (nSPS) is 11.5. The number of hydrogen-bond acceptors (Lipinski definition) is 3. The second kappa shape index (κ2) is 6.40. The van der Waals surface area contributed by atoms with Crippen molar-refractivity contribution >= 4 is 22.4 Å². The summed E-state index contributed by atoms with van der Waals surface area (Å²) in [6.07, 6.45) is 1.81. The molecule has 1 N–H and O–H groups in total. The molecule has 0 aliphatic carbocycles. The molecule has 2 aromatic carbocycles. The maximum absolute atomic E-state index is 12.1. The van der Waals surface area contributed by atoms with Gasteiger partial charge in [0.25, 0.3) is 5.91 Å². The van der Waals surface area contributed by atoms with E-state index < -0.39 is 0 Å². The summed E-state index contributed by atoms with van der Waals surface area (Å²) in [5.74, 6) is -0.228. The molecule has 23 heavy (non-hydrogen) atoms. The third-order valence-electron chi connectivity index (χ3n) is 3.61. The van der Waals surface area contributed by atoms with E-state index in [9.17, 15) is 4.79 Å². The number of pyridine rings is 1. The van der Waals surface area contributed by atoms with Gasteiger partial charge in [-0.1, -0.05) is 42.0 Å². The lowest BCUT2D eigenvalue weighted by Crippen LogP contribution is -2.19. The summed E-state index contributed by atoms with van der Waals surface area (Å²) in [5, 5.41) is 6.33. The van der Waals surface area contributed by atoms with Crippen LogP contribution in [0, 0.1) is 6.92 Å². The molecule has 4 nitrogen and oxygen atoms in total. The van der Waals surface area contributed by atoms with Crippen LogP contribution >= 0.6 is 0 Å². The lowest BCUT2D eigenvalue weighted by molar-refractivity contribution is 0.0954. The fourth-order valence-corrected chi connectivity index (χ4v) is 2.32. The smallest absolute Gasteiger partial charge is 0.267 e. The maximum atomic E-state index is 12.1. The van der Waals surface area contributed by atoms with Crippen molar-refractivity contribution in [2.75, 3.05) is 0 Å². The van der Waals surface area contributed by atoms with Crippen LogP contribution in [0.2, 0.25) is 0 Å². The van der Waals surface area contributed by atoms with Crippen LogP contribution in [-0.4, -0.2) is 16.6 Å². The third-order valence-corrected chi connectivity index (χ3v) is 3.61. The second-order valence-corrected chi connectivity index (χ2v) is 5.42. The number of benzene rings is 2. The monoisotopic (exact) mass is 303 g/mol. The minimum absolute atomic E-state index is 0.228. The number of carbonyl (C=O) groups excluding carboxylic acids is 1. The molecule has 0 saturated carbocycles. The summed E-state index contributed by atoms with van der Waals surface area (Å²) in [6.45, 7) is 3.78. The number of rotatable bonds is 3. The van der Waals surface area contributed by atoms with Crippen molar-refractivity contribution in [2.45, 2.75) is 13.8 Å². The van der Waals surface area contributed by atoms with Gasteiger partial charge in [0, 0.05) is 17.1 Å². The molecule has 0 saturated heterocycles. The zero-order valence-corrected chi connectivity index (χ0v) is 13.1. The minimum Gasteiger partial charge on any atom is -0.267 e. The number of hydrogen-bond donors (Lipinski definition) is 1. The van der Waals surface area contributed by atoms with E-state index in [1.807, 2.05) is 68.6 Å². The number of nitrogens with one attached hydrogen (secondary N) is 1. The third kappa shape index (κ3) is 3.43. The van der Waals surface area contributed by atoms with Gasteiger partial charge in [0.15, 0.2) is 0 Å². The Morgan fingerprint density at radius 2 is 1.83 bits per heavy atom. The molecular formula is C19H17N3O. The van der Waals surface area contributed by atoms with Crippen LogP contribution in [0.15, 0.2) is 65.9 Å². The molecule has 1 amide bonds. The van der Waals surface area contributed by atoms with Crippen molar-refractivity contribution in [1.82, 2.24) is 10.4 Å². The maximum Gasteiger partial charge on any atom is 0.271 e. The van der Waals surface area contributed by atoms with Gasteiger partial charge in [-0.3, -0.25) is 9.78 Å². The van der Waals surface area contributed by atoms with Crippen molar-refractivity contribution < 1.29 is 4.79 Å². The van der Waals surface area contributed by atoms with E-state index in [1.165, 1.54) is 0 Å². The molecule has 3 aromatic rings. The van der Waals surface area contributed by atoms with Crippen LogP contribution in [0.25, 0.3) is 10.8 Å². The Labute approximate surface area is 134 Å². The molecule has 0 atom stereocenters. The number of aryl methyl sites for hydroxylation is 1. The Bertz CT molecular complexity index is 900. The molecule has 0 unspecified atom stereocenters. The van der Waals surface area contributed by atoms with Crippen molar-refractivity contribution in [3.8, 4) is 0 Å². The van der Waals surface area contributed by atoms with Gasteiger partial charge in [-0.2, -0.15) is 5.10 Å². The molecule has 0 aliphatic heterocycles. The quantitative estimate of drug-likeness (QED) is 0.592. The van der Waals surface area contributed by atoms with Gasteiger partial charge >= 0.3 is 0 Å². The summed E-state index contributed by atoms with van der Waals surface area (Å²) in [5.41, 5.74) is 5.62. The van der Waals surface area contributed by atoms with Crippen LogP contribution in [0.4, 0.5) is 0 Å². The second-order valence-electron chi connectivity index (χ2n) is 5.42. The standard InChI is InChI=1S/C19H17N3O/c1-13-6-5-9-16(10-13)19(23)22-21-14(2)18-11-15-7-3-4-8-17(15)12-20-18/h3-12H,1-2H3,(H,22,23)/b21-14+. The van der Waals surface area contributed by atoms with Crippen LogP contribution < -0.4 is 5.43 Å². The Morgan fingerprint density at radius 1 is 1.04 bits per heavy atom. The number of fused-ring (bicyclic) bond motifs is 1. The van der Waals surface area contributed by atoms with Gasteiger partial charge < -0.3 is 0 Å². The van der Waals surface area contributed by atoms with Crippen molar-refractivity contribution in [2.24, 2.45) is 5.10 Å². The molecule has 1 aromatic heterocycles. The zero-order chi connectivity index (χ0) is 16.2. The summed E-state index contributed by atoms with van der Waals surface area (Å²) in [6, 6.07) is 17.4. The number of aromatic nitrogens is 1. The van der Waals surface area contributed by atoms with E-state index in [4.69, 9.17) is 0 Å². The van der Waals surface area contributed by atoms with Crippen molar-refractivity contribution in [3.05, 3.63) is 77.6 Å². The van der Waals surface area contributed by atoms with Crippen LogP contribution in [-0.2, 0) is 0 Å². The molecule has 0 aliphatic rings. The summed E-state index contributed by atoms with van der Waals surface area (Å²) < 4.78 is 0. The average molecular weight is 303 g/mol. The first-order chi connectivity index (χ1) is 11.1. The highest BCUT2D eigenvalue weighted by Crippen LogP contribution is 2.13. The molecule has 0 radical (unpaired) electrons. The fraction of sp³-hybridized carbons (Fsp3) is 0.105. The van der Waals surface area contributed by atoms with E-state index in [2.05, 4.69) is 15.5 Å². The topological polar surface area (TPSA) is 54.4 Å². The lowest BCUT2D eigenvalue weighted by atomic mass is 10.1. The zero-order valence-electron chi connectivity index (χ0n) is 13.1. The van der Waals surface area contributed by atoms with Gasteiger partial charge in [-0.25, -0.2) is 5.43 Å². The van der Waals surface area contributed by atoms with Crippen LogP contribution in [0.3, 0.4) is 0 Å². The Hall–Kier alpha value is -3.01. The number of nitrogens with zero attached hydrogens (tertiary/aromatic N) is 2. The lowest BCUT2D eigenvalue weighted by Gasteiger charge is -2.04.